The first-order chi connectivity index (χ1) is 8.52. The molecule has 0 amide bonds. The minimum Gasteiger partial charge on any atom is -0.507 e. The van der Waals surface area contributed by atoms with E-state index in [1.54, 1.807) is 18.2 Å². The number of methoxy groups -OCH3 is 1. The summed E-state index contributed by atoms with van der Waals surface area (Å²) in [7, 11) is 1.51. The van der Waals surface area contributed by atoms with Crippen LogP contribution in [0.2, 0.25) is 0 Å². The summed E-state index contributed by atoms with van der Waals surface area (Å²) in [6, 6.07) is 9.76. The van der Waals surface area contributed by atoms with Gasteiger partial charge in [-0.3, -0.25) is 0 Å². The monoisotopic (exact) mass is 243 g/mol. The summed E-state index contributed by atoms with van der Waals surface area (Å²) in [5, 5.41) is 20.0. The van der Waals surface area contributed by atoms with Gasteiger partial charge in [-0.05, 0) is 43.2 Å². The van der Waals surface area contributed by atoms with E-state index in [0.717, 1.165) is 11.1 Å². The summed E-state index contributed by atoms with van der Waals surface area (Å²) in [4.78, 5) is 0. The number of aryl methyl sites for hydroxylation is 2. The molecule has 2 aromatic rings. The first-order valence-electron chi connectivity index (χ1n) is 5.62. The number of hydrogen-bond donors (Lipinski definition) is 2. The largest absolute Gasteiger partial charge is 0.507 e. The number of benzene rings is 2. The van der Waals surface area contributed by atoms with E-state index in [1.165, 1.54) is 7.11 Å². The highest BCUT2D eigenvalue weighted by Gasteiger charge is 2.13. The lowest BCUT2D eigenvalue weighted by Gasteiger charge is -2.12. The van der Waals surface area contributed by atoms with Gasteiger partial charge in [-0.25, -0.2) is 0 Å². The summed E-state index contributed by atoms with van der Waals surface area (Å²) < 4.78 is 4.99. The smallest absolute Gasteiger partial charge is 0.135 e. The van der Waals surface area contributed by atoms with Crippen molar-refractivity contribution in [2.24, 2.45) is 0 Å². The zero-order chi connectivity index (χ0) is 13.3. The van der Waals surface area contributed by atoms with Gasteiger partial charge in [0.05, 0.1) is 13.2 Å². The SMILES string of the molecule is COc1[c]c(O)c(-c2c(C)cc(C)cc2O)cc1. The van der Waals surface area contributed by atoms with Crippen LogP contribution < -0.4 is 4.74 Å². The van der Waals surface area contributed by atoms with Crippen molar-refractivity contribution in [2.45, 2.75) is 13.8 Å². The standard InChI is InChI=1S/C15H15O3/c1-9-6-10(2)15(14(17)7-9)12-5-4-11(18-3)8-13(12)16/h4-7,16-17H,1-3H3. The van der Waals surface area contributed by atoms with Gasteiger partial charge >= 0.3 is 0 Å². The maximum absolute atomic E-state index is 10.0. The minimum atomic E-state index is -0.0309. The van der Waals surface area contributed by atoms with E-state index >= 15 is 0 Å². The van der Waals surface area contributed by atoms with Crippen LogP contribution in [0, 0.1) is 19.9 Å². The second-order valence-electron chi connectivity index (χ2n) is 4.26. The molecule has 0 bridgehead atoms. The second kappa shape index (κ2) is 4.61. The van der Waals surface area contributed by atoms with Gasteiger partial charge in [-0.1, -0.05) is 6.07 Å². The van der Waals surface area contributed by atoms with Gasteiger partial charge in [0.1, 0.15) is 17.2 Å². The van der Waals surface area contributed by atoms with Crippen LogP contribution in [0.15, 0.2) is 24.3 Å². The van der Waals surface area contributed by atoms with Crippen molar-refractivity contribution in [3.05, 3.63) is 41.5 Å². The summed E-state index contributed by atoms with van der Waals surface area (Å²) >= 11 is 0. The predicted octanol–water partition coefficient (Wildman–Crippen LogP) is 3.19. The fourth-order valence-electron chi connectivity index (χ4n) is 2.08. The van der Waals surface area contributed by atoms with E-state index < -0.39 is 0 Å². The fraction of sp³-hybridized carbons (Fsp3) is 0.200. The highest BCUT2D eigenvalue weighted by atomic mass is 16.5. The van der Waals surface area contributed by atoms with Crippen LogP contribution in [0.3, 0.4) is 0 Å². The molecule has 2 N–H and O–H groups in total. The Hall–Kier alpha value is -2.16. The fourth-order valence-corrected chi connectivity index (χ4v) is 2.08. The van der Waals surface area contributed by atoms with Crippen molar-refractivity contribution in [2.75, 3.05) is 7.11 Å². The van der Waals surface area contributed by atoms with Crippen LogP contribution in [-0.2, 0) is 0 Å². The van der Waals surface area contributed by atoms with Gasteiger partial charge in [0.15, 0.2) is 0 Å². The van der Waals surface area contributed by atoms with Crippen LogP contribution in [0.1, 0.15) is 11.1 Å². The predicted molar refractivity (Wildman–Crippen MR) is 70.1 cm³/mol. The lowest BCUT2D eigenvalue weighted by Crippen LogP contribution is -1.89. The molecule has 2 aromatic carbocycles. The van der Waals surface area contributed by atoms with E-state index in [2.05, 4.69) is 6.07 Å². The number of phenols is 2. The Labute approximate surface area is 106 Å². The summed E-state index contributed by atoms with van der Waals surface area (Å²) in [6.45, 7) is 3.81. The number of ether oxygens (including phenoxy) is 1. The molecular weight excluding hydrogens is 228 g/mol. The van der Waals surface area contributed by atoms with Crippen LogP contribution in [-0.4, -0.2) is 17.3 Å². The summed E-state index contributed by atoms with van der Waals surface area (Å²) in [5.41, 5.74) is 3.05. The quantitative estimate of drug-likeness (QED) is 0.851. The zero-order valence-electron chi connectivity index (χ0n) is 10.6. The molecule has 0 unspecified atom stereocenters. The summed E-state index contributed by atoms with van der Waals surface area (Å²) in [5.74, 6) is 0.582. The maximum Gasteiger partial charge on any atom is 0.135 e. The molecule has 93 valence electrons. The van der Waals surface area contributed by atoms with Gasteiger partial charge in [-0.15, -0.1) is 0 Å². The van der Waals surface area contributed by atoms with Crippen LogP contribution in [0.25, 0.3) is 11.1 Å². The molecule has 18 heavy (non-hydrogen) atoms. The molecule has 0 aliphatic carbocycles. The molecule has 3 heteroatoms. The molecular formula is C15H15O3. The van der Waals surface area contributed by atoms with Crippen molar-refractivity contribution in [3.63, 3.8) is 0 Å². The third-order valence-electron chi connectivity index (χ3n) is 2.85. The zero-order valence-corrected chi connectivity index (χ0v) is 10.6. The molecule has 0 fully saturated rings. The van der Waals surface area contributed by atoms with E-state index in [1.807, 2.05) is 19.9 Å². The Kier molecular flexibility index (Phi) is 3.15. The molecule has 0 saturated carbocycles. The van der Waals surface area contributed by atoms with Gasteiger partial charge in [0.2, 0.25) is 0 Å². The number of rotatable bonds is 2. The van der Waals surface area contributed by atoms with E-state index in [0.29, 0.717) is 16.9 Å². The Morgan fingerprint density at radius 1 is 1.11 bits per heavy atom. The third kappa shape index (κ3) is 2.12. The van der Waals surface area contributed by atoms with Crippen LogP contribution in [0.5, 0.6) is 17.2 Å². The molecule has 0 aliphatic rings. The first kappa shape index (κ1) is 12.3. The molecule has 0 aromatic heterocycles. The van der Waals surface area contributed by atoms with E-state index in [9.17, 15) is 10.2 Å². The van der Waals surface area contributed by atoms with Gasteiger partial charge in [0.25, 0.3) is 0 Å². The topological polar surface area (TPSA) is 49.7 Å². The van der Waals surface area contributed by atoms with Gasteiger partial charge < -0.3 is 14.9 Å². The number of hydrogen-bond acceptors (Lipinski definition) is 3. The molecule has 0 aliphatic heterocycles. The van der Waals surface area contributed by atoms with Crippen molar-refractivity contribution >= 4 is 0 Å². The van der Waals surface area contributed by atoms with Crippen molar-refractivity contribution in [1.82, 2.24) is 0 Å². The minimum absolute atomic E-state index is 0.0309. The molecule has 0 saturated heterocycles. The highest BCUT2D eigenvalue weighted by Crippen LogP contribution is 2.39. The Morgan fingerprint density at radius 3 is 2.39 bits per heavy atom. The van der Waals surface area contributed by atoms with E-state index in [4.69, 9.17) is 4.74 Å². The summed E-state index contributed by atoms with van der Waals surface area (Å²) in [6.07, 6.45) is 0. The van der Waals surface area contributed by atoms with Gasteiger partial charge in [-0.2, -0.15) is 0 Å². The van der Waals surface area contributed by atoms with Crippen molar-refractivity contribution in [3.8, 4) is 28.4 Å². The Balaban J connectivity index is 2.62. The second-order valence-corrected chi connectivity index (χ2v) is 4.26. The molecule has 0 spiro atoms. The molecule has 0 atom stereocenters. The number of aromatic hydroxyl groups is 2. The molecule has 0 heterocycles. The number of phenolic OH excluding ortho intramolecular Hbond substituents is 2. The highest BCUT2D eigenvalue weighted by molar-refractivity contribution is 5.78. The Bertz CT molecular complexity index is 565. The normalized spacial score (nSPS) is 10.4. The average molecular weight is 243 g/mol. The van der Waals surface area contributed by atoms with Crippen molar-refractivity contribution < 1.29 is 14.9 Å². The first-order valence-corrected chi connectivity index (χ1v) is 5.62. The Morgan fingerprint density at radius 2 is 1.83 bits per heavy atom. The van der Waals surface area contributed by atoms with Crippen molar-refractivity contribution in [1.29, 1.82) is 0 Å². The van der Waals surface area contributed by atoms with E-state index in [-0.39, 0.29) is 11.5 Å². The molecule has 1 radical (unpaired) electrons. The van der Waals surface area contributed by atoms with Crippen LogP contribution >= 0.6 is 0 Å². The lowest BCUT2D eigenvalue weighted by molar-refractivity contribution is 0.406. The molecule has 2 rings (SSSR count). The lowest BCUT2D eigenvalue weighted by atomic mass is 9.96. The maximum atomic E-state index is 10.0. The van der Waals surface area contributed by atoms with Crippen LogP contribution in [0.4, 0.5) is 0 Å². The third-order valence-corrected chi connectivity index (χ3v) is 2.85. The molecule has 3 nitrogen and oxygen atoms in total. The van der Waals surface area contributed by atoms with Gasteiger partial charge in [0, 0.05) is 11.1 Å². The average Bonchev–Trinajstić information content (AvgIpc) is 2.29.